The molecule has 196 valence electrons. The Morgan fingerprint density at radius 3 is 2.64 bits per heavy atom. The summed E-state index contributed by atoms with van der Waals surface area (Å²) in [7, 11) is 2.98. The Labute approximate surface area is 210 Å². The first-order chi connectivity index (χ1) is 17.4. The summed E-state index contributed by atoms with van der Waals surface area (Å²) in [5, 5.41) is 23.6. The van der Waals surface area contributed by atoms with Crippen molar-refractivity contribution in [3.63, 3.8) is 0 Å². The van der Waals surface area contributed by atoms with Crippen molar-refractivity contribution in [1.29, 1.82) is 0 Å². The summed E-state index contributed by atoms with van der Waals surface area (Å²) in [5.41, 5.74) is 1.22. The van der Waals surface area contributed by atoms with Gasteiger partial charge in [0, 0.05) is 36.4 Å². The fraction of sp³-hybridized carbons (Fsp3) is 0.577. The lowest BCUT2D eigenvalue weighted by atomic mass is 9.77. The third kappa shape index (κ3) is 4.85. The molecule has 4 unspecified atom stereocenters. The first kappa shape index (κ1) is 26.1. The molecule has 10 nitrogen and oxygen atoms in total. The molecule has 1 aromatic carbocycles. The first-order valence-electron chi connectivity index (χ1n) is 12.4. The van der Waals surface area contributed by atoms with Gasteiger partial charge in [0.25, 0.3) is 0 Å². The lowest BCUT2D eigenvalue weighted by Gasteiger charge is -2.43. The lowest BCUT2D eigenvalue weighted by molar-refractivity contribution is -0.141. The van der Waals surface area contributed by atoms with Crippen LogP contribution in [0.2, 0.25) is 0 Å². The van der Waals surface area contributed by atoms with E-state index in [0.29, 0.717) is 34.5 Å². The number of methoxy groups -OCH3 is 2. The van der Waals surface area contributed by atoms with Crippen molar-refractivity contribution in [3.05, 3.63) is 34.9 Å². The average Bonchev–Trinajstić information content (AvgIpc) is 3.55. The molecule has 3 aliphatic rings. The zero-order chi connectivity index (χ0) is 25.8. The minimum absolute atomic E-state index is 0.0469. The van der Waals surface area contributed by atoms with Crippen LogP contribution in [0.25, 0.3) is 0 Å². The number of carbonyl (C=O) groups excluding carboxylic acids is 3. The SMILES string of the molecule is COCCC(=O)N(C1CCCC1)C1C=C(C(=O)NCCO)C2c3cc(C=O)cc(OC)c3OC2C1O. The molecule has 10 heteroatoms. The van der Waals surface area contributed by atoms with E-state index in [1.54, 1.807) is 23.1 Å². The fourth-order valence-corrected chi connectivity index (χ4v) is 5.64. The summed E-state index contributed by atoms with van der Waals surface area (Å²) in [6.45, 7) is 0.0580. The van der Waals surface area contributed by atoms with Gasteiger partial charge in [0.1, 0.15) is 18.5 Å². The van der Waals surface area contributed by atoms with Gasteiger partial charge in [0.05, 0.1) is 38.7 Å². The number of amides is 2. The second kappa shape index (κ2) is 11.4. The highest BCUT2D eigenvalue weighted by atomic mass is 16.5. The molecule has 1 heterocycles. The minimum atomic E-state index is -1.13. The van der Waals surface area contributed by atoms with E-state index in [1.165, 1.54) is 14.2 Å². The molecule has 3 N–H and O–H groups in total. The van der Waals surface area contributed by atoms with Crippen LogP contribution in [0.5, 0.6) is 11.5 Å². The van der Waals surface area contributed by atoms with Gasteiger partial charge in [-0.3, -0.25) is 14.4 Å². The Morgan fingerprint density at radius 1 is 1.25 bits per heavy atom. The summed E-state index contributed by atoms with van der Waals surface area (Å²) in [4.78, 5) is 39.9. The van der Waals surface area contributed by atoms with Gasteiger partial charge in [0.15, 0.2) is 11.5 Å². The number of hydrogen-bond donors (Lipinski definition) is 3. The molecule has 1 aliphatic heterocycles. The van der Waals surface area contributed by atoms with Crippen molar-refractivity contribution in [2.45, 2.75) is 62.3 Å². The average molecular weight is 503 g/mol. The number of benzene rings is 1. The molecule has 4 atom stereocenters. The molecule has 4 rings (SSSR count). The topological polar surface area (TPSA) is 135 Å². The number of fused-ring (bicyclic) bond motifs is 3. The van der Waals surface area contributed by atoms with Crippen molar-refractivity contribution in [2.75, 3.05) is 34.0 Å². The molecule has 1 saturated carbocycles. The number of nitrogens with one attached hydrogen (secondary N) is 1. The van der Waals surface area contributed by atoms with Crippen molar-refractivity contribution >= 4 is 18.1 Å². The molecular weight excluding hydrogens is 468 g/mol. The molecule has 2 amide bonds. The maximum Gasteiger partial charge on any atom is 0.247 e. The van der Waals surface area contributed by atoms with E-state index >= 15 is 0 Å². The fourth-order valence-electron chi connectivity index (χ4n) is 5.64. The van der Waals surface area contributed by atoms with Crippen LogP contribution in [0, 0.1) is 0 Å². The normalized spacial score (nSPS) is 24.8. The third-order valence-corrected chi connectivity index (χ3v) is 7.26. The quantitative estimate of drug-likeness (QED) is 0.403. The highest BCUT2D eigenvalue weighted by molar-refractivity contribution is 5.96. The number of rotatable bonds is 10. The molecule has 0 aromatic heterocycles. The molecule has 0 saturated heterocycles. The lowest BCUT2D eigenvalue weighted by Crippen LogP contribution is -2.58. The molecule has 0 bridgehead atoms. The first-order valence-corrected chi connectivity index (χ1v) is 12.4. The monoisotopic (exact) mass is 502 g/mol. The van der Waals surface area contributed by atoms with Crippen molar-refractivity contribution < 1.29 is 38.8 Å². The Balaban J connectivity index is 1.80. The third-order valence-electron chi connectivity index (χ3n) is 7.26. The van der Waals surface area contributed by atoms with Crippen LogP contribution in [0.1, 0.15) is 53.9 Å². The van der Waals surface area contributed by atoms with Crippen molar-refractivity contribution in [3.8, 4) is 11.5 Å². The van der Waals surface area contributed by atoms with Gasteiger partial charge in [-0.25, -0.2) is 0 Å². The number of aliphatic hydroxyl groups excluding tert-OH is 2. The van der Waals surface area contributed by atoms with E-state index < -0.39 is 30.1 Å². The molecular formula is C26H34N2O8. The van der Waals surface area contributed by atoms with Crippen LogP contribution in [-0.2, 0) is 14.3 Å². The van der Waals surface area contributed by atoms with Gasteiger partial charge in [-0.2, -0.15) is 0 Å². The number of carbonyl (C=O) groups is 3. The number of aldehydes is 1. The summed E-state index contributed by atoms with van der Waals surface area (Å²) in [6, 6.07) is 2.32. The molecule has 0 spiro atoms. The number of ether oxygens (including phenoxy) is 3. The summed E-state index contributed by atoms with van der Waals surface area (Å²) < 4.78 is 16.8. The maximum absolute atomic E-state index is 13.3. The molecule has 36 heavy (non-hydrogen) atoms. The van der Waals surface area contributed by atoms with Gasteiger partial charge >= 0.3 is 0 Å². The number of aliphatic hydroxyl groups is 2. The van der Waals surface area contributed by atoms with E-state index in [0.717, 1.165) is 25.7 Å². The second-order valence-electron chi connectivity index (χ2n) is 9.38. The van der Waals surface area contributed by atoms with Crippen molar-refractivity contribution in [2.24, 2.45) is 0 Å². The second-order valence-corrected chi connectivity index (χ2v) is 9.38. The predicted octanol–water partition coefficient (Wildman–Crippen LogP) is 0.938. The molecule has 1 fully saturated rings. The van der Waals surface area contributed by atoms with E-state index in [2.05, 4.69) is 5.32 Å². The number of hydrogen-bond acceptors (Lipinski definition) is 8. The predicted molar refractivity (Wildman–Crippen MR) is 129 cm³/mol. The van der Waals surface area contributed by atoms with E-state index in [9.17, 15) is 24.6 Å². The van der Waals surface area contributed by atoms with Gasteiger partial charge in [-0.15, -0.1) is 0 Å². The summed E-state index contributed by atoms with van der Waals surface area (Å²) in [5.74, 6) is -0.589. The molecule has 1 aromatic rings. The molecule has 2 aliphatic carbocycles. The Kier molecular flexibility index (Phi) is 8.28. The van der Waals surface area contributed by atoms with Crippen LogP contribution in [-0.4, -0.2) is 91.5 Å². The van der Waals surface area contributed by atoms with Crippen LogP contribution in [0.4, 0.5) is 0 Å². The van der Waals surface area contributed by atoms with Gasteiger partial charge in [-0.05, 0) is 31.1 Å². The minimum Gasteiger partial charge on any atom is -0.493 e. The largest absolute Gasteiger partial charge is 0.493 e. The van der Waals surface area contributed by atoms with E-state index in [1.807, 2.05) is 0 Å². The summed E-state index contributed by atoms with van der Waals surface area (Å²) >= 11 is 0. The zero-order valence-electron chi connectivity index (χ0n) is 20.6. The van der Waals surface area contributed by atoms with Gasteiger partial charge in [-0.1, -0.05) is 12.8 Å². The molecule has 0 radical (unpaired) electrons. The van der Waals surface area contributed by atoms with Crippen LogP contribution in [0.3, 0.4) is 0 Å². The van der Waals surface area contributed by atoms with Crippen LogP contribution in [0.15, 0.2) is 23.8 Å². The van der Waals surface area contributed by atoms with Gasteiger partial charge in [0.2, 0.25) is 11.8 Å². The van der Waals surface area contributed by atoms with Crippen molar-refractivity contribution in [1.82, 2.24) is 10.2 Å². The van der Waals surface area contributed by atoms with Crippen LogP contribution < -0.4 is 14.8 Å². The Morgan fingerprint density at radius 2 is 2.00 bits per heavy atom. The smallest absolute Gasteiger partial charge is 0.247 e. The highest BCUT2D eigenvalue weighted by Crippen LogP contribution is 2.51. The standard InChI is InChI=1S/C26H34N2O8/c1-34-10-7-21(31)28(16-5-3-4-6-16)19-13-18(26(33)27-8-9-29)22-17-11-15(14-30)12-20(35-2)24(17)36-25(22)23(19)32/h11-14,16,19,22-23,25,29,32H,3-10H2,1-2H3,(H,27,33). The Bertz CT molecular complexity index is 1020. The van der Waals surface area contributed by atoms with Gasteiger partial charge < -0.3 is 34.6 Å². The van der Waals surface area contributed by atoms with E-state index in [-0.39, 0.29) is 38.1 Å². The maximum atomic E-state index is 13.3. The zero-order valence-corrected chi connectivity index (χ0v) is 20.6. The summed E-state index contributed by atoms with van der Waals surface area (Å²) in [6.07, 6.45) is 4.07. The van der Waals surface area contributed by atoms with Crippen LogP contribution >= 0.6 is 0 Å². The van der Waals surface area contributed by atoms with E-state index in [4.69, 9.17) is 14.2 Å². The number of nitrogens with zero attached hydrogens (tertiary/aromatic N) is 1. The highest BCUT2D eigenvalue weighted by Gasteiger charge is 2.52. The Hall–Kier alpha value is -2.95.